The van der Waals surface area contributed by atoms with Crippen molar-refractivity contribution in [3.8, 4) is 29.4 Å². The van der Waals surface area contributed by atoms with E-state index in [0.29, 0.717) is 28.5 Å². The smallest absolute Gasteiger partial charge is 0.414 e. The summed E-state index contributed by atoms with van der Waals surface area (Å²) in [6.45, 7) is 2.15. The number of benzene rings is 1. The molecule has 1 amide bonds. The predicted molar refractivity (Wildman–Crippen MR) is 113 cm³/mol. The number of aliphatic imine (C=N–C) groups is 1. The number of carbonyl (C=O) groups is 1. The van der Waals surface area contributed by atoms with Crippen molar-refractivity contribution in [1.29, 1.82) is 0 Å². The van der Waals surface area contributed by atoms with Gasteiger partial charge in [-0.1, -0.05) is 6.42 Å². The first-order valence-electron chi connectivity index (χ1n) is 9.48. The molecule has 1 saturated heterocycles. The minimum absolute atomic E-state index is 0.0479. The van der Waals surface area contributed by atoms with E-state index in [9.17, 15) is 9.18 Å². The van der Waals surface area contributed by atoms with Crippen molar-refractivity contribution in [3.63, 3.8) is 0 Å². The normalized spacial score (nSPS) is 16.0. The lowest BCUT2D eigenvalue weighted by Crippen LogP contribution is -2.38. The summed E-state index contributed by atoms with van der Waals surface area (Å²) in [6.07, 6.45) is 5.47. The largest absolute Gasteiger partial charge is 0.442 e. The Kier molecular flexibility index (Phi) is 5.63. The summed E-state index contributed by atoms with van der Waals surface area (Å²) in [7, 11) is 0. The highest BCUT2D eigenvalue weighted by Crippen LogP contribution is 2.29. The Morgan fingerprint density at radius 1 is 1.44 bits per heavy atom. The topological polar surface area (TPSA) is 136 Å². The lowest BCUT2D eigenvalue weighted by molar-refractivity contribution is 0.143. The van der Waals surface area contributed by atoms with E-state index in [2.05, 4.69) is 30.7 Å². The molecule has 0 unspecified atom stereocenters. The fourth-order valence-corrected chi connectivity index (χ4v) is 3.12. The fraction of sp³-hybridized carbons (Fsp3) is 0.200. The van der Waals surface area contributed by atoms with Gasteiger partial charge in [0, 0.05) is 23.4 Å². The van der Waals surface area contributed by atoms with Gasteiger partial charge in [-0.05, 0) is 42.5 Å². The zero-order chi connectivity index (χ0) is 22.7. The summed E-state index contributed by atoms with van der Waals surface area (Å²) < 4.78 is 20.1. The van der Waals surface area contributed by atoms with E-state index in [0.717, 1.165) is 0 Å². The second kappa shape index (κ2) is 8.68. The number of aromatic nitrogens is 5. The van der Waals surface area contributed by atoms with Gasteiger partial charge in [-0.15, -0.1) is 15.0 Å². The van der Waals surface area contributed by atoms with Crippen molar-refractivity contribution >= 4 is 17.7 Å². The van der Waals surface area contributed by atoms with Gasteiger partial charge in [0.1, 0.15) is 11.9 Å². The van der Waals surface area contributed by atoms with Crippen molar-refractivity contribution in [2.45, 2.75) is 13.0 Å². The Bertz CT molecular complexity index is 1220. The molecule has 1 atom stereocenters. The van der Waals surface area contributed by atoms with E-state index >= 15 is 0 Å². The van der Waals surface area contributed by atoms with Gasteiger partial charge in [0.05, 0.1) is 18.8 Å². The summed E-state index contributed by atoms with van der Waals surface area (Å²) >= 11 is 0. The van der Waals surface area contributed by atoms with E-state index in [1.165, 1.54) is 22.0 Å². The van der Waals surface area contributed by atoms with Gasteiger partial charge >= 0.3 is 6.09 Å². The molecule has 0 saturated carbocycles. The number of hydrogen-bond acceptors (Lipinski definition) is 7. The molecular weight excluding hydrogens is 417 g/mol. The monoisotopic (exact) mass is 435 g/mol. The average Bonchev–Trinajstić information content (AvgIpc) is 3.38. The van der Waals surface area contributed by atoms with Crippen LogP contribution in [0, 0.1) is 25.2 Å². The van der Waals surface area contributed by atoms with Crippen LogP contribution < -0.4 is 16.0 Å². The number of hydrogen-bond donors (Lipinski definition) is 2. The van der Waals surface area contributed by atoms with Crippen LogP contribution in [-0.4, -0.2) is 56.4 Å². The van der Waals surface area contributed by atoms with E-state index in [4.69, 9.17) is 16.9 Å². The molecule has 2 aromatic heterocycles. The van der Waals surface area contributed by atoms with Crippen molar-refractivity contribution in [3.05, 3.63) is 48.2 Å². The lowest BCUT2D eigenvalue weighted by atomic mass is 10.1. The van der Waals surface area contributed by atoms with Gasteiger partial charge in [-0.3, -0.25) is 4.90 Å². The number of carbonyl (C=O) groups excluding carboxylic acids is 1. The number of amides is 1. The molecule has 4 rings (SSSR count). The Morgan fingerprint density at radius 3 is 2.94 bits per heavy atom. The Labute approximate surface area is 182 Å². The Balaban J connectivity index is 1.47. The maximum absolute atomic E-state index is 14.9. The van der Waals surface area contributed by atoms with Gasteiger partial charge in [-0.2, -0.15) is 4.99 Å². The molecule has 1 aliphatic rings. The van der Waals surface area contributed by atoms with Crippen LogP contribution in [0.5, 0.6) is 0 Å². The van der Waals surface area contributed by atoms with Crippen LogP contribution in [0.3, 0.4) is 0 Å². The minimum Gasteiger partial charge on any atom is -0.442 e. The number of cyclic esters (lactones) is 1. The zero-order valence-corrected chi connectivity index (χ0v) is 16.9. The average molecular weight is 435 g/mol. The van der Waals surface area contributed by atoms with E-state index in [1.54, 1.807) is 31.2 Å². The predicted octanol–water partition coefficient (Wildman–Crippen LogP) is 0.992. The molecule has 1 fully saturated rings. The first-order chi connectivity index (χ1) is 15.4. The zero-order valence-electron chi connectivity index (χ0n) is 16.9. The maximum atomic E-state index is 14.9. The first-order valence-corrected chi connectivity index (χ1v) is 9.48. The summed E-state index contributed by atoms with van der Waals surface area (Å²) in [5.74, 6) is 0.511. The molecule has 12 heteroatoms. The van der Waals surface area contributed by atoms with Gasteiger partial charge in [-0.25, -0.2) is 14.2 Å². The van der Waals surface area contributed by atoms with Gasteiger partial charge in [0.2, 0.25) is 5.96 Å². The van der Waals surface area contributed by atoms with Crippen LogP contribution in [0.1, 0.15) is 5.82 Å². The number of halogens is 1. The first kappa shape index (κ1) is 20.7. The number of ether oxygens (including phenoxy) is 1. The molecule has 0 aliphatic carbocycles. The number of nitrogens with one attached hydrogen (secondary N) is 1. The quantitative estimate of drug-likeness (QED) is 0.344. The van der Waals surface area contributed by atoms with Crippen LogP contribution in [0.15, 0.2) is 41.5 Å². The van der Waals surface area contributed by atoms with Crippen LogP contribution >= 0.6 is 0 Å². The van der Waals surface area contributed by atoms with Gasteiger partial charge in [0.25, 0.3) is 0 Å². The fourth-order valence-electron chi connectivity index (χ4n) is 3.12. The van der Waals surface area contributed by atoms with Gasteiger partial charge in [0.15, 0.2) is 11.6 Å². The highest BCUT2D eigenvalue weighted by molar-refractivity contribution is 5.90. The number of anilines is 1. The minimum atomic E-state index is -0.585. The molecule has 0 bridgehead atoms. The van der Waals surface area contributed by atoms with E-state index in [-0.39, 0.29) is 19.0 Å². The SMILES string of the molecule is C#CN=C(N)NC[C@H]1CN(c2ccc(-c3ccc(-n4nnc(C)n4)nc3)c(F)c2)C(=O)O1. The third-order valence-corrected chi connectivity index (χ3v) is 4.61. The number of rotatable bonds is 5. The van der Waals surface area contributed by atoms with Crippen molar-refractivity contribution in [2.24, 2.45) is 10.7 Å². The van der Waals surface area contributed by atoms with Crippen molar-refractivity contribution in [1.82, 2.24) is 30.5 Å². The molecule has 3 N–H and O–H groups in total. The van der Waals surface area contributed by atoms with Crippen LogP contribution in [0.2, 0.25) is 0 Å². The van der Waals surface area contributed by atoms with Crippen LogP contribution in [0.4, 0.5) is 14.9 Å². The van der Waals surface area contributed by atoms with E-state index in [1.807, 2.05) is 6.04 Å². The molecule has 3 heterocycles. The second-order valence-electron chi connectivity index (χ2n) is 6.82. The molecule has 1 aromatic carbocycles. The molecule has 0 spiro atoms. The third kappa shape index (κ3) is 4.31. The number of nitrogens with two attached hydrogens (primary N) is 1. The molecule has 3 aromatic rings. The summed E-state index contributed by atoms with van der Waals surface area (Å²) in [5, 5.41) is 14.5. The number of terminal acetylenes is 1. The van der Waals surface area contributed by atoms with Crippen molar-refractivity contribution in [2.75, 3.05) is 18.0 Å². The lowest BCUT2D eigenvalue weighted by Gasteiger charge is -2.14. The maximum Gasteiger partial charge on any atom is 0.414 e. The molecule has 0 radical (unpaired) electrons. The molecule has 11 nitrogen and oxygen atoms in total. The van der Waals surface area contributed by atoms with Crippen LogP contribution in [0.25, 0.3) is 16.9 Å². The number of aryl methyl sites for hydroxylation is 1. The number of pyridine rings is 1. The summed E-state index contributed by atoms with van der Waals surface area (Å²) in [5.41, 5.74) is 6.82. The second-order valence-corrected chi connectivity index (χ2v) is 6.82. The highest BCUT2D eigenvalue weighted by Gasteiger charge is 2.32. The summed E-state index contributed by atoms with van der Waals surface area (Å²) in [4.78, 5) is 22.7. The Morgan fingerprint density at radius 2 is 2.28 bits per heavy atom. The molecular formula is C20H18FN9O2. The third-order valence-electron chi connectivity index (χ3n) is 4.61. The molecule has 1 aliphatic heterocycles. The summed E-state index contributed by atoms with van der Waals surface area (Å²) in [6, 6.07) is 9.90. The number of nitrogens with zero attached hydrogens (tertiary/aromatic N) is 7. The number of guanidine groups is 1. The molecule has 32 heavy (non-hydrogen) atoms. The Hall–Kier alpha value is -4.53. The number of tetrazole rings is 1. The standard InChI is InChI=1S/C20H18FN9O2/c1-3-23-19(22)25-10-15-11-29(20(31)32-15)14-5-6-16(17(21)8-14)13-4-7-18(24-9-13)30-27-12(2)26-28-30/h1,4-9,15H,10-11H2,2H3,(H3,22,23,25)/t15-/m0/s1. The van der Waals surface area contributed by atoms with Crippen LogP contribution in [-0.2, 0) is 4.74 Å². The van der Waals surface area contributed by atoms with Crippen molar-refractivity contribution < 1.29 is 13.9 Å². The van der Waals surface area contributed by atoms with Gasteiger partial charge < -0.3 is 15.8 Å². The van der Waals surface area contributed by atoms with E-state index < -0.39 is 18.0 Å². The highest BCUT2D eigenvalue weighted by atomic mass is 19.1. The molecule has 162 valence electrons.